The van der Waals surface area contributed by atoms with E-state index in [4.69, 9.17) is 4.74 Å². The summed E-state index contributed by atoms with van der Waals surface area (Å²) >= 11 is 1.47. The summed E-state index contributed by atoms with van der Waals surface area (Å²) in [5.41, 5.74) is -1.43. The molecule has 3 aromatic rings. The van der Waals surface area contributed by atoms with Crippen LogP contribution in [0.1, 0.15) is 23.4 Å². The molecule has 1 amide bonds. The van der Waals surface area contributed by atoms with Crippen LogP contribution in [0.2, 0.25) is 0 Å². The highest BCUT2D eigenvalue weighted by Crippen LogP contribution is 2.34. The number of ether oxygens (including phenoxy) is 1. The van der Waals surface area contributed by atoms with Gasteiger partial charge in [-0.05, 0) is 36.1 Å². The first kappa shape index (κ1) is 24.6. The van der Waals surface area contributed by atoms with Gasteiger partial charge in [-0.3, -0.25) is 4.79 Å². The van der Waals surface area contributed by atoms with E-state index in [1.807, 2.05) is 17.5 Å². The SMILES string of the molecule is COc1ccccc1-c1cc(C(F)(F)F)nc(S(=O)(=O)CCCC(=O)NCc2cccs2)n1. The summed E-state index contributed by atoms with van der Waals surface area (Å²) in [7, 11) is -2.95. The average Bonchev–Trinajstić information content (AvgIpc) is 3.30. The molecule has 0 unspecified atom stereocenters. The first-order chi connectivity index (χ1) is 15.6. The summed E-state index contributed by atoms with van der Waals surface area (Å²) < 4.78 is 70.9. The fourth-order valence-electron chi connectivity index (χ4n) is 2.90. The molecule has 0 spiro atoms. The highest BCUT2D eigenvalue weighted by molar-refractivity contribution is 7.91. The van der Waals surface area contributed by atoms with Crippen LogP contribution < -0.4 is 10.1 Å². The van der Waals surface area contributed by atoms with E-state index in [1.54, 1.807) is 12.1 Å². The Bertz CT molecular complexity index is 1210. The van der Waals surface area contributed by atoms with Crippen LogP contribution in [-0.4, -0.2) is 37.2 Å². The lowest BCUT2D eigenvalue weighted by Crippen LogP contribution is -2.23. The number of nitrogens with one attached hydrogen (secondary N) is 1. The van der Waals surface area contributed by atoms with Crippen molar-refractivity contribution in [3.05, 3.63) is 58.4 Å². The first-order valence-electron chi connectivity index (χ1n) is 9.71. The number of carbonyl (C=O) groups is 1. The van der Waals surface area contributed by atoms with Gasteiger partial charge in [-0.2, -0.15) is 13.2 Å². The van der Waals surface area contributed by atoms with Gasteiger partial charge in [0.05, 0.1) is 25.1 Å². The summed E-state index contributed by atoms with van der Waals surface area (Å²) in [4.78, 5) is 20.1. The smallest absolute Gasteiger partial charge is 0.433 e. The molecule has 1 aromatic carbocycles. The van der Waals surface area contributed by atoms with Crippen molar-refractivity contribution < 1.29 is 31.1 Å². The topological polar surface area (TPSA) is 98.2 Å². The maximum atomic E-state index is 13.4. The zero-order valence-electron chi connectivity index (χ0n) is 17.4. The lowest BCUT2D eigenvalue weighted by atomic mass is 10.1. The maximum Gasteiger partial charge on any atom is 0.433 e. The van der Waals surface area contributed by atoms with E-state index in [0.29, 0.717) is 12.6 Å². The number of hydrogen-bond donors (Lipinski definition) is 1. The molecule has 0 aliphatic carbocycles. The van der Waals surface area contributed by atoms with Crippen molar-refractivity contribution in [3.8, 4) is 17.0 Å². The van der Waals surface area contributed by atoms with Gasteiger partial charge in [-0.15, -0.1) is 11.3 Å². The molecule has 176 valence electrons. The van der Waals surface area contributed by atoms with Crippen molar-refractivity contribution in [2.24, 2.45) is 0 Å². The van der Waals surface area contributed by atoms with Crippen molar-refractivity contribution in [3.63, 3.8) is 0 Å². The number of thiophene rings is 1. The van der Waals surface area contributed by atoms with Gasteiger partial charge in [-0.1, -0.05) is 18.2 Å². The predicted molar refractivity (Wildman–Crippen MR) is 116 cm³/mol. The third-order valence-corrected chi connectivity index (χ3v) is 6.96. The van der Waals surface area contributed by atoms with Crippen molar-refractivity contribution in [2.45, 2.75) is 30.7 Å². The molecular weight excluding hydrogens is 479 g/mol. The van der Waals surface area contributed by atoms with Crippen LogP contribution in [0, 0.1) is 0 Å². The Kier molecular flexibility index (Phi) is 7.69. The second-order valence-electron chi connectivity index (χ2n) is 6.90. The number of aromatic nitrogens is 2. The highest BCUT2D eigenvalue weighted by atomic mass is 32.2. The quantitative estimate of drug-likeness (QED) is 0.445. The molecule has 0 atom stereocenters. The summed E-state index contributed by atoms with van der Waals surface area (Å²) in [5, 5.41) is 3.58. The van der Waals surface area contributed by atoms with Crippen molar-refractivity contribution in [2.75, 3.05) is 12.9 Å². The number of carbonyl (C=O) groups excluding carboxylic acids is 1. The fourth-order valence-corrected chi connectivity index (χ4v) is 4.73. The van der Waals surface area contributed by atoms with Crippen LogP contribution in [0.5, 0.6) is 5.75 Å². The molecule has 7 nitrogen and oxygen atoms in total. The fraction of sp³-hybridized carbons (Fsp3) is 0.286. The van der Waals surface area contributed by atoms with Gasteiger partial charge >= 0.3 is 6.18 Å². The van der Waals surface area contributed by atoms with E-state index in [0.717, 1.165) is 4.88 Å². The van der Waals surface area contributed by atoms with Gasteiger partial charge in [0.1, 0.15) is 11.4 Å². The molecule has 0 aliphatic rings. The molecule has 0 saturated carbocycles. The monoisotopic (exact) mass is 499 g/mol. The van der Waals surface area contributed by atoms with Crippen LogP contribution in [0.25, 0.3) is 11.3 Å². The number of halogens is 3. The van der Waals surface area contributed by atoms with Crippen LogP contribution >= 0.6 is 11.3 Å². The molecule has 2 heterocycles. The first-order valence-corrected chi connectivity index (χ1v) is 12.2. The minimum atomic E-state index is -4.88. The van der Waals surface area contributed by atoms with Crippen LogP contribution in [0.15, 0.2) is 53.0 Å². The van der Waals surface area contributed by atoms with Crippen molar-refractivity contribution in [1.82, 2.24) is 15.3 Å². The number of amides is 1. The Labute approximate surface area is 192 Å². The zero-order valence-corrected chi connectivity index (χ0v) is 19.1. The molecule has 33 heavy (non-hydrogen) atoms. The third kappa shape index (κ3) is 6.51. The second kappa shape index (κ2) is 10.3. The molecule has 0 fully saturated rings. The van der Waals surface area contributed by atoms with E-state index < -0.39 is 32.6 Å². The largest absolute Gasteiger partial charge is 0.496 e. The molecule has 1 N–H and O–H groups in total. The third-order valence-electron chi connectivity index (χ3n) is 4.51. The summed E-state index contributed by atoms with van der Waals surface area (Å²) in [6.45, 7) is 0.322. The number of benzene rings is 1. The molecule has 0 aliphatic heterocycles. The van der Waals surface area contributed by atoms with Gasteiger partial charge < -0.3 is 10.1 Å². The molecule has 12 heteroatoms. The lowest BCUT2D eigenvalue weighted by Gasteiger charge is -2.13. The zero-order chi connectivity index (χ0) is 24.1. The summed E-state index contributed by atoms with van der Waals surface area (Å²) in [6.07, 6.45) is -5.09. The normalized spacial score (nSPS) is 11.9. The van der Waals surface area contributed by atoms with Crippen molar-refractivity contribution in [1.29, 1.82) is 0 Å². The van der Waals surface area contributed by atoms with Gasteiger partial charge in [0.2, 0.25) is 20.9 Å². The Hall–Kier alpha value is -2.99. The van der Waals surface area contributed by atoms with Gasteiger partial charge in [-0.25, -0.2) is 18.4 Å². The van der Waals surface area contributed by atoms with E-state index in [-0.39, 0.29) is 35.8 Å². The molecule has 0 radical (unpaired) electrons. The number of methoxy groups -OCH3 is 1. The van der Waals surface area contributed by atoms with Gasteiger partial charge in [0.15, 0.2) is 0 Å². The van der Waals surface area contributed by atoms with Crippen molar-refractivity contribution >= 4 is 27.1 Å². The summed E-state index contributed by atoms with van der Waals surface area (Å²) in [6, 6.07) is 10.5. The number of nitrogens with zero attached hydrogens (tertiary/aromatic N) is 2. The van der Waals surface area contributed by atoms with Crippen LogP contribution in [0.3, 0.4) is 0 Å². The second-order valence-corrected chi connectivity index (χ2v) is 9.93. The Morgan fingerprint density at radius 2 is 1.91 bits per heavy atom. The molecule has 0 bridgehead atoms. The summed E-state index contributed by atoms with van der Waals surface area (Å²) in [5.74, 6) is -0.708. The maximum absolute atomic E-state index is 13.4. The minimum absolute atomic E-state index is 0.0950. The minimum Gasteiger partial charge on any atom is -0.496 e. The van der Waals surface area contributed by atoms with E-state index in [2.05, 4.69) is 15.3 Å². The molecule has 3 rings (SSSR count). The highest BCUT2D eigenvalue weighted by Gasteiger charge is 2.35. The predicted octanol–water partition coefficient (Wildman–Crippen LogP) is 4.10. The van der Waals surface area contributed by atoms with Gasteiger partial charge in [0, 0.05) is 16.9 Å². The Morgan fingerprint density at radius 1 is 1.15 bits per heavy atom. The van der Waals surface area contributed by atoms with Crippen LogP contribution in [-0.2, 0) is 27.4 Å². The number of para-hydroxylation sites is 1. The van der Waals surface area contributed by atoms with Gasteiger partial charge in [0.25, 0.3) is 0 Å². The molecule has 0 saturated heterocycles. The van der Waals surface area contributed by atoms with E-state index >= 15 is 0 Å². The van der Waals surface area contributed by atoms with E-state index in [1.165, 1.54) is 30.6 Å². The number of rotatable bonds is 9. The Morgan fingerprint density at radius 3 is 2.58 bits per heavy atom. The number of alkyl halides is 3. The molecular formula is C21H20F3N3O4S2. The van der Waals surface area contributed by atoms with E-state index in [9.17, 15) is 26.4 Å². The molecule has 2 aromatic heterocycles. The number of sulfone groups is 1. The Balaban J connectivity index is 1.79. The van der Waals surface area contributed by atoms with Crippen LogP contribution in [0.4, 0.5) is 13.2 Å². The lowest BCUT2D eigenvalue weighted by molar-refractivity contribution is -0.141. The average molecular weight is 500 g/mol. The number of hydrogen-bond acceptors (Lipinski definition) is 7. The standard InChI is InChI=1S/C21H20F3N3O4S2/c1-31-17-8-3-2-7-15(17)16-12-18(21(22,23)24)27-20(26-16)33(29,30)11-5-9-19(28)25-13-14-6-4-10-32-14/h2-4,6-8,10,12H,5,9,11,13H2,1H3,(H,25,28).